The molecule has 224 valence electrons. The number of rotatable bonds is 16. The maximum Gasteiger partial charge on any atom is 0.407 e. The Morgan fingerprint density at radius 1 is 0.854 bits per heavy atom. The Morgan fingerprint density at radius 2 is 1.39 bits per heavy atom. The Bertz CT molecular complexity index is 1150. The Balaban J connectivity index is 2.16. The number of nitrogens with zero attached hydrogens (tertiary/aromatic N) is 2. The summed E-state index contributed by atoms with van der Waals surface area (Å²) in [5.41, 5.74) is -1.11. The molecule has 1 aromatic rings. The molecule has 41 heavy (non-hydrogen) atoms. The zero-order chi connectivity index (χ0) is 30.7. The summed E-state index contributed by atoms with van der Waals surface area (Å²) in [6.45, 7) is 3.13. The van der Waals surface area contributed by atoms with Crippen LogP contribution in [0.5, 0.6) is 0 Å². The summed E-state index contributed by atoms with van der Waals surface area (Å²) in [6, 6.07) is 3.91. The van der Waals surface area contributed by atoms with Crippen LogP contribution in [0, 0.1) is 5.41 Å². The third kappa shape index (κ3) is 7.80. The fourth-order valence-electron chi connectivity index (χ4n) is 4.66. The number of imide groups is 2. The lowest BCUT2D eigenvalue weighted by molar-refractivity contribution is -0.170. The highest BCUT2D eigenvalue weighted by atomic mass is 16.5. The molecule has 1 aliphatic heterocycles. The van der Waals surface area contributed by atoms with Gasteiger partial charge in [0.15, 0.2) is 0 Å². The van der Waals surface area contributed by atoms with Crippen molar-refractivity contribution >= 4 is 41.8 Å². The molecule has 1 heterocycles. The summed E-state index contributed by atoms with van der Waals surface area (Å²) < 4.78 is 5.10. The number of hydrogen-bond acceptors (Lipinski definition) is 8. The van der Waals surface area contributed by atoms with Gasteiger partial charge < -0.3 is 25.4 Å². The highest BCUT2D eigenvalue weighted by Crippen LogP contribution is 2.39. The molecular formula is C27H35N3O11. The molecule has 4 N–H and O–H groups in total. The molecule has 2 rings (SSSR count). The number of urea groups is 1. The van der Waals surface area contributed by atoms with E-state index >= 15 is 0 Å². The number of barbiturate groups is 1. The first-order valence-electron chi connectivity index (χ1n) is 13.2. The normalized spacial score (nSPS) is 16.2. The van der Waals surface area contributed by atoms with Crippen molar-refractivity contribution in [3.63, 3.8) is 0 Å². The third-order valence-electron chi connectivity index (χ3n) is 7.09. The number of unbranched alkanes of at least 4 members (excludes halogenated alkanes) is 1. The van der Waals surface area contributed by atoms with Crippen LogP contribution in [0.4, 0.5) is 9.59 Å². The molecule has 0 bridgehead atoms. The fourth-order valence-corrected chi connectivity index (χ4v) is 4.66. The second kappa shape index (κ2) is 14.8. The van der Waals surface area contributed by atoms with Gasteiger partial charge in [-0.3, -0.25) is 14.4 Å². The predicted molar refractivity (Wildman–Crippen MR) is 140 cm³/mol. The highest BCUT2D eigenvalue weighted by molar-refractivity contribution is 6.21. The molecule has 0 spiro atoms. The van der Waals surface area contributed by atoms with Crippen LogP contribution in [0.15, 0.2) is 30.3 Å². The van der Waals surface area contributed by atoms with Crippen LogP contribution in [0.2, 0.25) is 0 Å². The summed E-state index contributed by atoms with van der Waals surface area (Å²) in [5.74, 6) is -6.73. The molecule has 2 atom stereocenters. The zero-order valence-electron chi connectivity index (χ0n) is 22.9. The van der Waals surface area contributed by atoms with Gasteiger partial charge in [-0.15, -0.1) is 0 Å². The average molecular weight is 578 g/mol. The van der Waals surface area contributed by atoms with E-state index in [9.17, 15) is 43.8 Å². The fraction of sp³-hybridized carbons (Fsp3) is 0.519. The smallest absolute Gasteiger partial charge is 0.407 e. The minimum Gasteiger partial charge on any atom is -0.481 e. The quantitative estimate of drug-likeness (QED) is 0.166. The van der Waals surface area contributed by atoms with Crippen LogP contribution in [-0.4, -0.2) is 85.6 Å². The molecule has 0 saturated carbocycles. The van der Waals surface area contributed by atoms with Crippen molar-refractivity contribution in [3.8, 4) is 0 Å². The van der Waals surface area contributed by atoms with Gasteiger partial charge in [0.05, 0.1) is 0 Å². The Hall–Kier alpha value is -4.49. The van der Waals surface area contributed by atoms with Crippen molar-refractivity contribution < 1.29 is 53.6 Å². The monoisotopic (exact) mass is 577 g/mol. The number of carboxylic acid groups (broad SMARTS) is 3. The van der Waals surface area contributed by atoms with E-state index in [1.807, 2.05) is 6.07 Å². The molecular weight excluding hydrogens is 542 g/mol. The molecule has 1 aromatic carbocycles. The number of alkyl carbamates (subject to hydrolysis) is 1. The van der Waals surface area contributed by atoms with Crippen LogP contribution >= 0.6 is 0 Å². The van der Waals surface area contributed by atoms with E-state index in [2.05, 4.69) is 5.32 Å². The van der Waals surface area contributed by atoms with Gasteiger partial charge in [0.2, 0.25) is 11.8 Å². The summed E-state index contributed by atoms with van der Waals surface area (Å²) in [4.78, 5) is 88.4. The number of ether oxygens (including phenoxy) is 1. The van der Waals surface area contributed by atoms with Crippen molar-refractivity contribution in [1.29, 1.82) is 0 Å². The second-order valence-corrected chi connectivity index (χ2v) is 9.55. The van der Waals surface area contributed by atoms with E-state index in [1.165, 1.54) is 13.8 Å². The van der Waals surface area contributed by atoms with E-state index in [4.69, 9.17) is 9.84 Å². The van der Waals surface area contributed by atoms with Gasteiger partial charge in [0, 0.05) is 13.0 Å². The molecule has 14 nitrogen and oxygen atoms in total. The SMILES string of the molecule is CCC1(CC)C(=O)N([C@@H](CCCCNC(=O)OCc2ccccc2)C(=O)O)C(=O)N([C@@H](CCC(=O)O)C(=O)O)C1=O. The van der Waals surface area contributed by atoms with Crippen LogP contribution in [-0.2, 0) is 35.3 Å². The van der Waals surface area contributed by atoms with Gasteiger partial charge >= 0.3 is 30.0 Å². The lowest BCUT2D eigenvalue weighted by atomic mass is 9.77. The molecule has 0 aromatic heterocycles. The number of amides is 5. The molecule has 0 unspecified atom stereocenters. The van der Waals surface area contributed by atoms with E-state index in [-0.39, 0.29) is 45.3 Å². The van der Waals surface area contributed by atoms with E-state index in [0.29, 0.717) is 9.80 Å². The zero-order valence-corrected chi connectivity index (χ0v) is 22.9. The maximum atomic E-state index is 13.5. The third-order valence-corrected chi connectivity index (χ3v) is 7.09. The van der Waals surface area contributed by atoms with Crippen LogP contribution in [0.1, 0.15) is 64.4 Å². The second-order valence-electron chi connectivity index (χ2n) is 9.55. The van der Waals surface area contributed by atoms with Crippen molar-refractivity contribution in [2.24, 2.45) is 5.41 Å². The number of carbonyl (C=O) groups is 7. The van der Waals surface area contributed by atoms with E-state index in [0.717, 1.165) is 5.56 Å². The number of benzene rings is 1. The first-order valence-corrected chi connectivity index (χ1v) is 13.2. The number of carbonyl (C=O) groups excluding carboxylic acids is 4. The highest BCUT2D eigenvalue weighted by Gasteiger charge is 2.59. The lowest BCUT2D eigenvalue weighted by Gasteiger charge is -2.46. The topological polar surface area (TPSA) is 208 Å². The van der Waals surface area contributed by atoms with Gasteiger partial charge in [-0.05, 0) is 44.1 Å². The summed E-state index contributed by atoms with van der Waals surface area (Å²) in [5, 5.41) is 31.2. The van der Waals surface area contributed by atoms with Gasteiger partial charge in [0.1, 0.15) is 24.1 Å². The first-order chi connectivity index (χ1) is 19.4. The van der Waals surface area contributed by atoms with Gasteiger partial charge in [-0.25, -0.2) is 29.0 Å². The largest absolute Gasteiger partial charge is 0.481 e. The first kappa shape index (κ1) is 32.7. The minimum absolute atomic E-state index is 0.0581. The van der Waals surface area contributed by atoms with Crippen molar-refractivity contribution in [2.75, 3.05) is 6.54 Å². The van der Waals surface area contributed by atoms with Crippen molar-refractivity contribution in [3.05, 3.63) is 35.9 Å². The van der Waals surface area contributed by atoms with E-state index in [1.54, 1.807) is 24.3 Å². The predicted octanol–water partition coefficient (Wildman–Crippen LogP) is 2.45. The van der Waals surface area contributed by atoms with Crippen LogP contribution in [0.25, 0.3) is 0 Å². The molecule has 1 aliphatic rings. The Morgan fingerprint density at radius 3 is 1.88 bits per heavy atom. The molecule has 14 heteroatoms. The van der Waals surface area contributed by atoms with Gasteiger partial charge in [0.25, 0.3) is 0 Å². The lowest BCUT2D eigenvalue weighted by Crippen LogP contribution is -2.70. The number of carboxylic acids is 3. The Kier molecular flexibility index (Phi) is 11.8. The molecule has 5 amide bonds. The number of nitrogens with one attached hydrogen (secondary N) is 1. The minimum atomic E-state index is -1.92. The van der Waals surface area contributed by atoms with Crippen LogP contribution in [0.3, 0.4) is 0 Å². The standard InChI is InChI=1S/C27H35N3O11/c1-3-27(4-2)23(37)29(26(40)30(24(27)38)19(22(35)36)13-14-20(31)32)18(21(33)34)12-8-9-15-28-25(39)41-16-17-10-6-5-7-11-17/h5-7,10-11,18-19H,3-4,8-9,12-16H2,1-2H3,(H,28,39)(H,31,32)(H,33,34)(H,35,36)/t18-,19-/m0/s1. The molecule has 1 saturated heterocycles. The average Bonchev–Trinajstić information content (AvgIpc) is 2.93. The van der Waals surface area contributed by atoms with Gasteiger partial charge in [-0.2, -0.15) is 0 Å². The molecule has 0 radical (unpaired) electrons. The number of hydrogen-bond donors (Lipinski definition) is 4. The van der Waals surface area contributed by atoms with Crippen molar-refractivity contribution in [1.82, 2.24) is 15.1 Å². The van der Waals surface area contributed by atoms with Crippen LogP contribution < -0.4 is 5.32 Å². The number of aliphatic carboxylic acids is 3. The summed E-state index contributed by atoms with van der Waals surface area (Å²) >= 11 is 0. The van der Waals surface area contributed by atoms with Crippen molar-refractivity contribution in [2.45, 2.75) is 77.5 Å². The summed E-state index contributed by atoms with van der Waals surface area (Å²) in [6.07, 6.45) is -2.14. The van der Waals surface area contributed by atoms with E-state index < -0.39 is 72.2 Å². The molecule has 0 aliphatic carbocycles. The molecule has 1 fully saturated rings. The summed E-state index contributed by atoms with van der Waals surface area (Å²) in [7, 11) is 0. The maximum absolute atomic E-state index is 13.5. The Labute approximate surface area is 236 Å². The van der Waals surface area contributed by atoms with Gasteiger partial charge in [-0.1, -0.05) is 44.2 Å².